The van der Waals surface area contributed by atoms with Crippen molar-refractivity contribution in [1.82, 2.24) is 5.32 Å². The second-order valence-electron chi connectivity index (χ2n) is 4.66. The fraction of sp³-hybridized carbons (Fsp3) is 0.188. The van der Waals surface area contributed by atoms with Crippen LogP contribution in [0.5, 0.6) is 5.75 Å². The standard InChI is InChI=1S/C16H13F4NO2/c17-12-6-7-13(23-16(19)20)11(15(12)18)9-21-14(22)8-10-4-2-1-3-5-10/h1-7,16H,8-9H2,(H,21,22). The van der Waals surface area contributed by atoms with Crippen LogP contribution < -0.4 is 10.1 Å². The molecule has 1 N–H and O–H groups in total. The highest BCUT2D eigenvalue weighted by molar-refractivity contribution is 5.78. The Bertz CT molecular complexity index is 677. The molecule has 122 valence electrons. The molecule has 0 aliphatic rings. The van der Waals surface area contributed by atoms with Gasteiger partial charge in [-0.1, -0.05) is 30.3 Å². The van der Waals surface area contributed by atoms with Crippen molar-refractivity contribution in [3.63, 3.8) is 0 Å². The van der Waals surface area contributed by atoms with Gasteiger partial charge in [0.1, 0.15) is 5.75 Å². The Morgan fingerprint density at radius 1 is 1.09 bits per heavy atom. The third kappa shape index (κ3) is 4.70. The Morgan fingerprint density at radius 2 is 1.78 bits per heavy atom. The number of nitrogens with one attached hydrogen (secondary N) is 1. The molecule has 0 bridgehead atoms. The smallest absolute Gasteiger partial charge is 0.387 e. The van der Waals surface area contributed by atoms with Crippen LogP contribution in [0.25, 0.3) is 0 Å². The van der Waals surface area contributed by atoms with E-state index in [1.165, 1.54) is 0 Å². The first-order valence-corrected chi connectivity index (χ1v) is 6.69. The van der Waals surface area contributed by atoms with Gasteiger partial charge in [-0.25, -0.2) is 8.78 Å². The van der Waals surface area contributed by atoms with Crippen LogP contribution in [0.4, 0.5) is 17.6 Å². The van der Waals surface area contributed by atoms with Gasteiger partial charge in [-0.3, -0.25) is 4.79 Å². The summed E-state index contributed by atoms with van der Waals surface area (Å²) in [5.74, 6) is -3.51. The Kier molecular flexibility index (Phi) is 5.56. The average Bonchev–Trinajstić information content (AvgIpc) is 2.51. The van der Waals surface area contributed by atoms with Crippen LogP contribution in [-0.2, 0) is 17.8 Å². The molecule has 0 spiro atoms. The maximum Gasteiger partial charge on any atom is 0.387 e. The first-order valence-electron chi connectivity index (χ1n) is 6.69. The second kappa shape index (κ2) is 7.62. The van der Waals surface area contributed by atoms with E-state index < -0.39 is 42.0 Å². The molecular formula is C16H13F4NO2. The summed E-state index contributed by atoms with van der Waals surface area (Å²) >= 11 is 0. The average molecular weight is 327 g/mol. The summed E-state index contributed by atoms with van der Waals surface area (Å²) in [5.41, 5.74) is 0.264. The van der Waals surface area contributed by atoms with Crippen LogP contribution in [0.3, 0.4) is 0 Å². The lowest BCUT2D eigenvalue weighted by Crippen LogP contribution is -2.25. The molecule has 2 aromatic rings. The van der Waals surface area contributed by atoms with Crippen molar-refractivity contribution in [3.05, 3.63) is 65.2 Å². The molecular weight excluding hydrogens is 314 g/mol. The van der Waals surface area contributed by atoms with Gasteiger partial charge in [0.2, 0.25) is 5.91 Å². The van der Waals surface area contributed by atoms with E-state index in [0.717, 1.165) is 11.6 Å². The van der Waals surface area contributed by atoms with Crippen LogP contribution in [0.15, 0.2) is 42.5 Å². The van der Waals surface area contributed by atoms with Crippen LogP contribution in [0.1, 0.15) is 11.1 Å². The highest BCUT2D eigenvalue weighted by Gasteiger charge is 2.18. The van der Waals surface area contributed by atoms with Gasteiger partial charge < -0.3 is 10.1 Å². The molecule has 3 nitrogen and oxygen atoms in total. The third-order valence-electron chi connectivity index (χ3n) is 3.04. The molecule has 7 heteroatoms. The summed E-state index contributed by atoms with van der Waals surface area (Å²) in [6, 6.07) is 10.3. The van der Waals surface area contributed by atoms with Gasteiger partial charge in [-0.2, -0.15) is 8.78 Å². The number of halogens is 4. The lowest BCUT2D eigenvalue weighted by Gasteiger charge is -2.13. The number of hydrogen-bond acceptors (Lipinski definition) is 2. The minimum atomic E-state index is -3.18. The SMILES string of the molecule is O=C(Cc1ccccc1)NCc1c(OC(F)F)ccc(F)c1F. The van der Waals surface area contributed by atoms with Crippen LogP contribution in [0.2, 0.25) is 0 Å². The van der Waals surface area contributed by atoms with Gasteiger partial charge in [0.05, 0.1) is 12.0 Å². The van der Waals surface area contributed by atoms with E-state index in [1.54, 1.807) is 30.3 Å². The lowest BCUT2D eigenvalue weighted by molar-refractivity contribution is -0.120. The first kappa shape index (κ1) is 16.8. The summed E-state index contributed by atoms with van der Waals surface area (Å²) in [4.78, 5) is 11.8. The number of carbonyl (C=O) groups is 1. The Labute approximate surface area is 129 Å². The van der Waals surface area contributed by atoms with Crippen LogP contribution in [0, 0.1) is 11.6 Å². The van der Waals surface area contributed by atoms with E-state index in [9.17, 15) is 22.4 Å². The van der Waals surface area contributed by atoms with Crippen molar-refractivity contribution < 1.29 is 27.1 Å². The van der Waals surface area contributed by atoms with Crippen molar-refractivity contribution >= 4 is 5.91 Å². The molecule has 2 aromatic carbocycles. The molecule has 0 aromatic heterocycles. The monoisotopic (exact) mass is 327 g/mol. The Hall–Kier alpha value is -2.57. The first-order chi connectivity index (χ1) is 11.0. The predicted molar refractivity (Wildman–Crippen MR) is 75.0 cm³/mol. The normalized spacial score (nSPS) is 10.7. The number of alkyl halides is 2. The van der Waals surface area contributed by atoms with Crippen LogP contribution >= 0.6 is 0 Å². The molecule has 0 saturated heterocycles. The molecule has 0 heterocycles. The quantitative estimate of drug-likeness (QED) is 0.826. The summed E-state index contributed by atoms with van der Waals surface area (Å²) in [6.07, 6.45) is 0.0306. The zero-order chi connectivity index (χ0) is 16.8. The summed E-state index contributed by atoms with van der Waals surface area (Å²) < 4.78 is 55.7. The van der Waals surface area contributed by atoms with Gasteiger partial charge in [0.15, 0.2) is 11.6 Å². The number of rotatable bonds is 6. The molecule has 0 unspecified atom stereocenters. The Balaban J connectivity index is 2.07. The molecule has 23 heavy (non-hydrogen) atoms. The zero-order valence-electron chi connectivity index (χ0n) is 11.9. The van der Waals surface area contributed by atoms with E-state index in [1.807, 2.05) is 0 Å². The van der Waals surface area contributed by atoms with Crippen molar-refractivity contribution in [3.8, 4) is 5.75 Å². The highest BCUT2D eigenvalue weighted by Crippen LogP contribution is 2.25. The van der Waals surface area contributed by atoms with Gasteiger partial charge in [0.25, 0.3) is 0 Å². The molecule has 1 amide bonds. The van der Waals surface area contributed by atoms with E-state index in [0.29, 0.717) is 6.07 Å². The van der Waals surface area contributed by atoms with E-state index in [4.69, 9.17) is 0 Å². The minimum absolute atomic E-state index is 0.0306. The molecule has 0 aliphatic carbocycles. The number of amides is 1. The maximum absolute atomic E-state index is 13.7. The predicted octanol–water partition coefficient (Wildman–Crippen LogP) is 3.43. The second-order valence-corrected chi connectivity index (χ2v) is 4.66. The van der Waals surface area contributed by atoms with Crippen molar-refractivity contribution in [1.29, 1.82) is 0 Å². The van der Waals surface area contributed by atoms with Gasteiger partial charge in [-0.05, 0) is 17.7 Å². The lowest BCUT2D eigenvalue weighted by atomic mass is 10.1. The zero-order valence-corrected chi connectivity index (χ0v) is 11.9. The summed E-state index contributed by atoms with van der Waals surface area (Å²) in [5, 5.41) is 2.36. The van der Waals surface area contributed by atoms with E-state index >= 15 is 0 Å². The minimum Gasteiger partial charge on any atom is -0.434 e. The summed E-state index contributed by atoms with van der Waals surface area (Å²) in [7, 11) is 0. The summed E-state index contributed by atoms with van der Waals surface area (Å²) in [6.45, 7) is -3.64. The van der Waals surface area contributed by atoms with Crippen LogP contribution in [-0.4, -0.2) is 12.5 Å². The van der Waals surface area contributed by atoms with Gasteiger partial charge >= 0.3 is 6.61 Å². The fourth-order valence-corrected chi connectivity index (χ4v) is 1.98. The topological polar surface area (TPSA) is 38.3 Å². The van der Waals surface area contributed by atoms with Crippen molar-refractivity contribution in [2.45, 2.75) is 19.6 Å². The van der Waals surface area contributed by atoms with E-state index in [2.05, 4.69) is 10.1 Å². The fourth-order valence-electron chi connectivity index (χ4n) is 1.98. The van der Waals surface area contributed by atoms with E-state index in [-0.39, 0.29) is 6.42 Å². The van der Waals surface area contributed by atoms with Crippen molar-refractivity contribution in [2.75, 3.05) is 0 Å². The molecule has 0 fully saturated rings. The molecule has 0 aliphatic heterocycles. The number of ether oxygens (including phenoxy) is 1. The number of hydrogen-bond donors (Lipinski definition) is 1. The Morgan fingerprint density at radius 3 is 2.43 bits per heavy atom. The molecule has 2 rings (SSSR count). The molecule has 0 saturated carbocycles. The largest absolute Gasteiger partial charge is 0.434 e. The third-order valence-corrected chi connectivity index (χ3v) is 3.04. The van der Waals surface area contributed by atoms with Gasteiger partial charge in [-0.15, -0.1) is 0 Å². The maximum atomic E-state index is 13.7. The number of benzene rings is 2. The highest BCUT2D eigenvalue weighted by atomic mass is 19.3. The van der Waals surface area contributed by atoms with Gasteiger partial charge in [0, 0.05) is 6.54 Å². The number of carbonyl (C=O) groups excluding carboxylic acids is 1. The molecule has 0 radical (unpaired) electrons. The van der Waals surface area contributed by atoms with Crippen molar-refractivity contribution in [2.24, 2.45) is 0 Å². The molecule has 0 atom stereocenters.